The SMILES string of the molecule is CCCCC=CCC=CCCCCCCCCCCCC(N)CCCCCCCCC. The molecule has 1 atom stereocenters. The van der Waals surface area contributed by atoms with E-state index in [9.17, 15) is 0 Å². The van der Waals surface area contributed by atoms with Gasteiger partial charge in [-0.15, -0.1) is 0 Å². The lowest BCUT2D eigenvalue weighted by Gasteiger charge is -2.11. The minimum absolute atomic E-state index is 0.460. The van der Waals surface area contributed by atoms with Crippen LogP contribution >= 0.6 is 0 Å². The molecule has 0 fully saturated rings. The van der Waals surface area contributed by atoms with E-state index < -0.39 is 0 Å². The summed E-state index contributed by atoms with van der Waals surface area (Å²) in [4.78, 5) is 0. The molecule has 0 bridgehead atoms. The smallest absolute Gasteiger partial charge is 0.00388 e. The molecule has 31 heavy (non-hydrogen) atoms. The maximum atomic E-state index is 6.30. The fraction of sp³-hybridized carbons (Fsp3) is 0.867. The van der Waals surface area contributed by atoms with Crippen LogP contribution in [0.4, 0.5) is 0 Å². The second-order valence-electron chi connectivity index (χ2n) is 9.75. The van der Waals surface area contributed by atoms with Crippen molar-refractivity contribution >= 4 is 0 Å². The minimum atomic E-state index is 0.460. The number of hydrogen-bond donors (Lipinski definition) is 1. The maximum Gasteiger partial charge on any atom is 0.00388 e. The van der Waals surface area contributed by atoms with Crippen molar-refractivity contribution in [3.05, 3.63) is 24.3 Å². The fourth-order valence-corrected chi connectivity index (χ4v) is 4.24. The summed E-state index contributed by atoms with van der Waals surface area (Å²) in [6.07, 6.45) is 40.5. The van der Waals surface area contributed by atoms with Crippen LogP contribution in [0.5, 0.6) is 0 Å². The Morgan fingerprint density at radius 2 is 0.839 bits per heavy atom. The molecular formula is C30H59N. The summed E-state index contributed by atoms with van der Waals surface area (Å²) in [5.74, 6) is 0. The predicted molar refractivity (Wildman–Crippen MR) is 144 cm³/mol. The van der Waals surface area contributed by atoms with Crippen molar-refractivity contribution in [2.24, 2.45) is 5.73 Å². The van der Waals surface area contributed by atoms with Crippen molar-refractivity contribution in [3.63, 3.8) is 0 Å². The molecule has 0 saturated carbocycles. The first-order chi connectivity index (χ1) is 15.3. The molecule has 1 unspecified atom stereocenters. The van der Waals surface area contributed by atoms with Crippen LogP contribution in [-0.4, -0.2) is 6.04 Å². The first-order valence-electron chi connectivity index (χ1n) is 14.4. The Kier molecular flexibility index (Phi) is 27.0. The number of allylic oxidation sites excluding steroid dienone is 4. The van der Waals surface area contributed by atoms with Gasteiger partial charge in [0.15, 0.2) is 0 Å². The topological polar surface area (TPSA) is 26.0 Å². The van der Waals surface area contributed by atoms with Gasteiger partial charge in [0.1, 0.15) is 0 Å². The van der Waals surface area contributed by atoms with Crippen molar-refractivity contribution in [1.29, 1.82) is 0 Å². The Morgan fingerprint density at radius 1 is 0.452 bits per heavy atom. The zero-order valence-corrected chi connectivity index (χ0v) is 21.7. The number of unbranched alkanes of at least 4 members (excludes halogenated alkanes) is 17. The van der Waals surface area contributed by atoms with Crippen LogP contribution in [0.2, 0.25) is 0 Å². The van der Waals surface area contributed by atoms with Crippen LogP contribution in [0.3, 0.4) is 0 Å². The molecule has 0 spiro atoms. The van der Waals surface area contributed by atoms with Gasteiger partial charge in [-0.05, 0) is 38.5 Å². The van der Waals surface area contributed by atoms with E-state index in [1.165, 1.54) is 141 Å². The molecule has 184 valence electrons. The van der Waals surface area contributed by atoms with Gasteiger partial charge < -0.3 is 5.73 Å². The molecule has 0 aliphatic heterocycles. The summed E-state index contributed by atoms with van der Waals surface area (Å²) >= 11 is 0. The van der Waals surface area contributed by atoms with Gasteiger partial charge in [-0.1, -0.05) is 147 Å². The third kappa shape index (κ3) is 27.4. The molecule has 0 radical (unpaired) electrons. The normalized spacial score (nSPS) is 13.0. The number of hydrogen-bond acceptors (Lipinski definition) is 1. The first-order valence-corrected chi connectivity index (χ1v) is 14.4. The molecule has 0 aliphatic carbocycles. The fourth-order valence-electron chi connectivity index (χ4n) is 4.24. The molecule has 1 nitrogen and oxygen atoms in total. The summed E-state index contributed by atoms with van der Waals surface area (Å²) < 4.78 is 0. The van der Waals surface area contributed by atoms with Gasteiger partial charge in [0, 0.05) is 6.04 Å². The average Bonchev–Trinajstić information content (AvgIpc) is 2.77. The summed E-state index contributed by atoms with van der Waals surface area (Å²) in [5.41, 5.74) is 6.30. The van der Waals surface area contributed by atoms with Gasteiger partial charge in [0.2, 0.25) is 0 Å². The third-order valence-electron chi connectivity index (χ3n) is 6.45. The lowest BCUT2D eigenvalue weighted by molar-refractivity contribution is 0.480. The van der Waals surface area contributed by atoms with E-state index in [0.717, 1.165) is 6.42 Å². The zero-order valence-electron chi connectivity index (χ0n) is 21.7. The molecule has 0 heterocycles. The highest BCUT2D eigenvalue weighted by molar-refractivity contribution is 4.92. The molecule has 0 saturated heterocycles. The van der Waals surface area contributed by atoms with Crippen LogP contribution in [0.1, 0.15) is 162 Å². The molecule has 0 aromatic carbocycles. The standard InChI is InChI=1S/C30H59N/c1-3-5-7-9-11-12-13-14-15-16-17-18-19-20-21-23-25-27-29-30(31)28-26-24-22-10-8-6-4-2/h9,11,13-14,30H,3-8,10,12,15-29,31H2,1-2H3. The molecule has 0 aliphatic rings. The second-order valence-corrected chi connectivity index (χ2v) is 9.75. The molecule has 0 rings (SSSR count). The van der Waals surface area contributed by atoms with Gasteiger partial charge in [-0.3, -0.25) is 0 Å². The highest BCUT2D eigenvalue weighted by Crippen LogP contribution is 2.14. The van der Waals surface area contributed by atoms with E-state index >= 15 is 0 Å². The maximum absolute atomic E-state index is 6.30. The largest absolute Gasteiger partial charge is 0.328 e. The molecule has 0 aromatic heterocycles. The van der Waals surface area contributed by atoms with Crippen molar-refractivity contribution < 1.29 is 0 Å². The highest BCUT2D eigenvalue weighted by atomic mass is 14.6. The third-order valence-corrected chi connectivity index (χ3v) is 6.45. The Labute approximate surface area is 197 Å². The summed E-state index contributed by atoms with van der Waals surface area (Å²) in [7, 11) is 0. The van der Waals surface area contributed by atoms with Crippen LogP contribution in [-0.2, 0) is 0 Å². The molecule has 1 heteroatoms. The lowest BCUT2D eigenvalue weighted by atomic mass is 10.0. The van der Waals surface area contributed by atoms with Crippen molar-refractivity contribution in [1.82, 2.24) is 0 Å². The Balaban J connectivity index is 3.19. The summed E-state index contributed by atoms with van der Waals surface area (Å²) in [6, 6.07) is 0.460. The van der Waals surface area contributed by atoms with Crippen molar-refractivity contribution in [2.45, 2.75) is 168 Å². The lowest BCUT2D eigenvalue weighted by Crippen LogP contribution is -2.19. The van der Waals surface area contributed by atoms with Gasteiger partial charge >= 0.3 is 0 Å². The van der Waals surface area contributed by atoms with Crippen LogP contribution in [0, 0.1) is 0 Å². The van der Waals surface area contributed by atoms with E-state index in [0.29, 0.717) is 6.04 Å². The number of rotatable bonds is 25. The predicted octanol–water partition coefficient (Wildman–Crippen LogP) is 10.4. The van der Waals surface area contributed by atoms with E-state index in [4.69, 9.17) is 5.73 Å². The second kappa shape index (κ2) is 27.5. The van der Waals surface area contributed by atoms with Gasteiger partial charge in [-0.25, -0.2) is 0 Å². The van der Waals surface area contributed by atoms with Crippen molar-refractivity contribution in [2.75, 3.05) is 0 Å². The zero-order chi connectivity index (χ0) is 22.7. The van der Waals surface area contributed by atoms with E-state index in [1.54, 1.807) is 0 Å². The molecule has 2 N–H and O–H groups in total. The van der Waals surface area contributed by atoms with Crippen LogP contribution in [0.15, 0.2) is 24.3 Å². The molecular weight excluding hydrogens is 374 g/mol. The average molecular weight is 434 g/mol. The van der Waals surface area contributed by atoms with Gasteiger partial charge in [-0.2, -0.15) is 0 Å². The van der Waals surface area contributed by atoms with E-state index in [2.05, 4.69) is 38.2 Å². The Hall–Kier alpha value is -0.560. The van der Waals surface area contributed by atoms with E-state index in [1.807, 2.05) is 0 Å². The highest BCUT2D eigenvalue weighted by Gasteiger charge is 2.02. The quantitative estimate of drug-likeness (QED) is 0.112. The van der Waals surface area contributed by atoms with Crippen LogP contribution < -0.4 is 5.73 Å². The monoisotopic (exact) mass is 433 g/mol. The number of nitrogens with two attached hydrogens (primary N) is 1. The molecule has 0 aromatic rings. The minimum Gasteiger partial charge on any atom is -0.328 e. The van der Waals surface area contributed by atoms with E-state index in [-0.39, 0.29) is 0 Å². The van der Waals surface area contributed by atoms with Gasteiger partial charge in [0.25, 0.3) is 0 Å². The summed E-state index contributed by atoms with van der Waals surface area (Å²) in [5, 5.41) is 0. The first kappa shape index (κ1) is 30.4. The summed E-state index contributed by atoms with van der Waals surface area (Å²) in [6.45, 7) is 4.54. The Morgan fingerprint density at radius 3 is 1.32 bits per heavy atom. The van der Waals surface area contributed by atoms with Gasteiger partial charge in [0.05, 0.1) is 0 Å². The Bertz CT molecular complexity index is 371. The van der Waals surface area contributed by atoms with Crippen LogP contribution in [0.25, 0.3) is 0 Å². The van der Waals surface area contributed by atoms with Crippen molar-refractivity contribution in [3.8, 4) is 0 Å². The molecule has 0 amide bonds.